The molecule has 0 spiro atoms. The van der Waals surface area contributed by atoms with Gasteiger partial charge in [-0.3, -0.25) is 4.79 Å². The number of aliphatic hydroxyl groups excluding tert-OH is 1. The van der Waals surface area contributed by atoms with E-state index < -0.39 is 6.10 Å². The van der Waals surface area contributed by atoms with Crippen molar-refractivity contribution in [3.8, 4) is 11.5 Å². The van der Waals surface area contributed by atoms with E-state index in [4.69, 9.17) is 9.47 Å². The molecule has 0 aromatic heterocycles. The number of aliphatic hydroxyl groups is 1. The van der Waals surface area contributed by atoms with E-state index >= 15 is 0 Å². The molecule has 0 saturated carbocycles. The zero-order valence-electron chi connectivity index (χ0n) is 19.3. The van der Waals surface area contributed by atoms with Gasteiger partial charge in [-0.15, -0.1) is 0 Å². The fourth-order valence-electron chi connectivity index (χ4n) is 3.40. The quantitative estimate of drug-likeness (QED) is 0.406. The molecule has 0 aliphatic heterocycles. The Morgan fingerprint density at radius 2 is 1.74 bits per heavy atom. The zero-order chi connectivity index (χ0) is 22.6. The lowest BCUT2D eigenvalue weighted by atomic mass is 9.95. The van der Waals surface area contributed by atoms with Crippen LogP contribution in [0.2, 0.25) is 0 Å². The zero-order valence-corrected chi connectivity index (χ0v) is 19.3. The number of carbonyl (C=O) groups is 1. The van der Waals surface area contributed by atoms with Crippen LogP contribution in [0.1, 0.15) is 57.6 Å². The third-order valence-electron chi connectivity index (χ3n) is 5.36. The highest BCUT2D eigenvalue weighted by molar-refractivity contribution is 5.85. The molecule has 2 atom stereocenters. The lowest BCUT2D eigenvalue weighted by Gasteiger charge is -2.15. The summed E-state index contributed by atoms with van der Waals surface area (Å²) in [4.78, 5) is 12.5. The number of hydrogen-bond acceptors (Lipinski definition) is 4. The highest BCUT2D eigenvalue weighted by Crippen LogP contribution is 2.29. The van der Waals surface area contributed by atoms with Gasteiger partial charge in [0.25, 0.3) is 0 Å². The van der Waals surface area contributed by atoms with Gasteiger partial charge in [0.2, 0.25) is 0 Å². The van der Waals surface area contributed by atoms with Gasteiger partial charge < -0.3 is 14.6 Å². The lowest BCUT2D eigenvalue weighted by Crippen LogP contribution is -2.23. The molecule has 0 saturated heterocycles. The molecule has 1 N–H and O–H groups in total. The van der Waals surface area contributed by atoms with Crippen LogP contribution < -0.4 is 9.47 Å². The van der Waals surface area contributed by atoms with Crippen LogP contribution in [0, 0.1) is 5.92 Å². The summed E-state index contributed by atoms with van der Waals surface area (Å²) in [6.45, 7) is 6.82. The summed E-state index contributed by atoms with van der Waals surface area (Å²) in [7, 11) is 1.59. The number of methoxy groups -OCH3 is 1. The Hall–Kier alpha value is -2.59. The van der Waals surface area contributed by atoms with Gasteiger partial charge >= 0.3 is 0 Å². The van der Waals surface area contributed by atoms with E-state index in [0.29, 0.717) is 30.4 Å². The maximum atomic E-state index is 12.5. The van der Waals surface area contributed by atoms with Crippen LogP contribution in [0.25, 0.3) is 0 Å². The van der Waals surface area contributed by atoms with Gasteiger partial charge in [0.05, 0.1) is 7.11 Å². The number of benzene rings is 2. The molecule has 31 heavy (non-hydrogen) atoms. The van der Waals surface area contributed by atoms with E-state index in [1.807, 2.05) is 48.5 Å². The Bertz CT molecular complexity index is 838. The van der Waals surface area contributed by atoms with Crippen molar-refractivity contribution >= 4 is 5.78 Å². The predicted octanol–water partition coefficient (Wildman–Crippen LogP) is 5.91. The van der Waals surface area contributed by atoms with E-state index in [2.05, 4.69) is 26.8 Å². The second-order valence-corrected chi connectivity index (χ2v) is 8.46. The number of carbonyl (C=O) groups excluding carboxylic acids is 1. The highest BCUT2D eigenvalue weighted by atomic mass is 16.5. The minimum Gasteiger partial charge on any atom is -0.493 e. The fraction of sp³-hybridized carbons (Fsp3) is 0.444. The summed E-state index contributed by atoms with van der Waals surface area (Å²) in [5, 5.41) is 10.3. The Kier molecular flexibility index (Phi) is 10.3. The van der Waals surface area contributed by atoms with Gasteiger partial charge in [-0.25, -0.2) is 0 Å². The minimum atomic E-state index is -0.925. The monoisotopic (exact) mass is 424 g/mol. The smallest absolute Gasteiger partial charge is 0.165 e. The molecular formula is C27H36O4. The molecule has 2 rings (SSSR count). The number of ether oxygens (including phenoxy) is 2. The number of Topliss-reactive ketones (excluding diaryl/α,β-unsaturated/α-hetero) is 1. The van der Waals surface area contributed by atoms with Crippen molar-refractivity contribution in [1.82, 2.24) is 0 Å². The van der Waals surface area contributed by atoms with Crippen LogP contribution in [-0.4, -0.2) is 24.1 Å². The molecule has 4 nitrogen and oxygen atoms in total. The van der Waals surface area contributed by atoms with Crippen LogP contribution >= 0.6 is 0 Å². The largest absolute Gasteiger partial charge is 0.493 e. The first-order valence-electron chi connectivity index (χ1n) is 11.1. The first-order valence-corrected chi connectivity index (χ1v) is 11.1. The van der Waals surface area contributed by atoms with Crippen molar-refractivity contribution in [2.45, 2.75) is 65.6 Å². The predicted molar refractivity (Wildman–Crippen MR) is 126 cm³/mol. The van der Waals surface area contributed by atoms with Crippen LogP contribution in [0.5, 0.6) is 11.5 Å². The second-order valence-electron chi connectivity index (χ2n) is 8.46. The van der Waals surface area contributed by atoms with Crippen LogP contribution in [0.15, 0.2) is 60.2 Å². The van der Waals surface area contributed by atoms with Gasteiger partial charge in [0.15, 0.2) is 17.3 Å². The molecule has 2 aromatic carbocycles. The summed E-state index contributed by atoms with van der Waals surface area (Å²) in [6, 6.07) is 15.4. The molecule has 0 aliphatic carbocycles. The van der Waals surface area contributed by atoms with Crippen molar-refractivity contribution in [3.05, 3.63) is 71.3 Å². The van der Waals surface area contributed by atoms with Gasteiger partial charge in [0, 0.05) is 6.42 Å². The summed E-state index contributed by atoms with van der Waals surface area (Å²) in [5.74, 6) is 1.55. The Balaban J connectivity index is 1.85. The van der Waals surface area contributed by atoms with Crippen molar-refractivity contribution < 1.29 is 19.4 Å². The second kappa shape index (κ2) is 13.0. The minimum absolute atomic E-state index is 0.156. The third-order valence-corrected chi connectivity index (χ3v) is 5.36. The normalized spacial score (nSPS) is 12.7. The molecule has 168 valence electrons. The van der Waals surface area contributed by atoms with Gasteiger partial charge in [-0.2, -0.15) is 0 Å². The van der Waals surface area contributed by atoms with Crippen molar-refractivity contribution in [2.75, 3.05) is 7.11 Å². The molecule has 0 heterocycles. The van der Waals surface area contributed by atoms with Crippen molar-refractivity contribution in [2.24, 2.45) is 5.92 Å². The van der Waals surface area contributed by atoms with E-state index in [1.54, 1.807) is 7.11 Å². The SMILES string of the molecule is COc1cc(CC(=O)C(O)CCC(C)CCC=C(C)C)ccc1OCc1ccccc1. The molecule has 2 aromatic rings. The first-order chi connectivity index (χ1) is 14.9. The van der Waals surface area contributed by atoms with E-state index in [1.165, 1.54) is 5.57 Å². The maximum Gasteiger partial charge on any atom is 0.165 e. The maximum absolute atomic E-state index is 12.5. The van der Waals surface area contributed by atoms with Gasteiger partial charge in [0.1, 0.15) is 12.7 Å². The van der Waals surface area contributed by atoms with E-state index in [-0.39, 0.29) is 12.2 Å². The van der Waals surface area contributed by atoms with Crippen LogP contribution in [-0.2, 0) is 17.8 Å². The molecule has 0 bridgehead atoms. The average molecular weight is 425 g/mol. The summed E-state index contributed by atoms with van der Waals surface area (Å²) >= 11 is 0. The number of hydrogen-bond donors (Lipinski definition) is 1. The number of rotatable bonds is 13. The van der Waals surface area contributed by atoms with Gasteiger partial charge in [-0.1, -0.05) is 55.0 Å². The topological polar surface area (TPSA) is 55.8 Å². The average Bonchev–Trinajstić information content (AvgIpc) is 2.76. The number of allylic oxidation sites excluding steroid dienone is 2. The van der Waals surface area contributed by atoms with Crippen LogP contribution in [0.4, 0.5) is 0 Å². The van der Waals surface area contributed by atoms with Crippen LogP contribution in [0.3, 0.4) is 0 Å². The number of ketones is 1. The lowest BCUT2D eigenvalue weighted by molar-refractivity contribution is -0.126. The van der Waals surface area contributed by atoms with E-state index in [9.17, 15) is 9.90 Å². The summed E-state index contributed by atoms with van der Waals surface area (Å²) in [6.07, 6.45) is 4.97. The molecule has 0 fully saturated rings. The van der Waals surface area contributed by atoms with E-state index in [0.717, 1.165) is 30.4 Å². The Morgan fingerprint density at radius 3 is 2.42 bits per heavy atom. The molecule has 4 heteroatoms. The third kappa shape index (κ3) is 8.97. The summed E-state index contributed by atoms with van der Waals surface area (Å²) in [5.41, 5.74) is 3.21. The summed E-state index contributed by atoms with van der Waals surface area (Å²) < 4.78 is 11.3. The molecular weight excluding hydrogens is 388 g/mol. The molecule has 0 radical (unpaired) electrons. The highest BCUT2D eigenvalue weighted by Gasteiger charge is 2.17. The molecule has 0 amide bonds. The van der Waals surface area contributed by atoms with Gasteiger partial charge in [-0.05, 0) is 68.7 Å². The van der Waals surface area contributed by atoms with Crippen molar-refractivity contribution in [3.63, 3.8) is 0 Å². The van der Waals surface area contributed by atoms with Crippen molar-refractivity contribution in [1.29, 1.82) is 0 Å². The molecule has 2 unspecified atom stereocenters. The molecule has 0 aliphatic rings. The standard InChI is InChI=1S/C27H36O4/c1-20(2)9-8-10-21(3)13-15-24(28)25(29)17-23-14-16-26(27(18-23)30-4)31-19-22-11-6-5-7-12-22/h5-7,9,11-12,14,16,18,21,24,28H,8,10,13,15,17,19H2,1-4H3. The fourth-order valence-corrected chi connectivity index (χ4v) is 3.40. The Morgan fingerprint density at radius 1 is 1.00 bits per heavy atom. The Labute approximate surface area is 186 Å². The first kappa shape index (κ1) is 24.7.